The van der Waals surface area contributed by atoms with Crippen molar-refractivity contribution in [2.75, 3.05) is 13.1 Å². The molecular weight excluding hydrogens is 242 g/mol. The molecule has 0 radical (unpaired) electrons. The molecule has 2 heterocycles. The molecule has 100 valence electrons. The maximum Gasteiger partial charge on any atom is 0.270 e. The molecule has 0 aromatic carbocycles. The van der Waals surface area contributed by atoms with Crippen molar-refractivity contribution >= 4 is 11.8 Å². The predicted octanol–water partition coefficient (Wildman–Crippen LogP) is 1.21. The van der Waals surface area contributed by atoms with E-state index in [2.05, 4.69) is 10.3 Å². The highest BCUT2D eigenvalue weighted by molar-refractivity contribution is 5.98. The summed E-state index contributed by atoms with van der Waals surface area (Å²) >= 11 is 0. The SMILES string of the molecule is O=C(NC1CC1)c1cc(C(=O)N2CCCC2)ccn1. The quantitative estimate of drug-likeness (QED) is 0.887. The van der Waals surface area contributed by atoms with E-state index in [4.69, 9.17) is 0 Å². The lowest BCUT2D eigenvalue weighted by Crippen LogP contribution is -2.29. The summed E-state index contributed by atoms with van der Waals surface area (Å²) in [5, 5.41) is 2.88. The van der Waals surface area contributed by atoms with E-state index in [0.717, 1.165) is 38.8 Å². The fourth-order valence-electron chi connectivity index (χ4n) is 2.28. The summed E-state index contributed by atoms with van der Waals surface area (Å²) in [6, 6.07) is 3.57. The van der Waals surface area contributed by atoms with E-state index in [-0.39, 0.29) is 11.8 Å². The Hall–Kier alpha value is -1.91. The van der Waals surface area contributed by atoms with Crippen LogP contribution < -0.4 is 5.32 Å². The van der Waals surface area contributed by atoms with Gasteiger partial charge in [0, 0.05) is 30.9 Å². The number of carbonyl (C=O) groups excluding carboxylic acids is 2. The Morgan fingerprint density at radius 3 is 2.68 bits per heavy atom. The molecule has 2 amide bonds. The van der Waals surface area contributed by atoms with Crippen molar-refractivity contribution in [3.05, 3.63) is 29.6 Å². The molecule has 1 aliphatic heterocycles. The Labute approximate surface area is 112 Å². The molecule has 1 aliphatic carbocycles. The van der Waals surface area contributed by atoms with Crippen molar-refractivity contribution in [2.45, 2.75) is 31.7 Å². The van der Waals surface area contributed by atoms with Gasteiger partial charge in [0.1, 0.15) is 5.69 Å². The third-order valence-corrected chi connectivity index (χ3v) is 3.55. The zero-order valence-electron chi connectivity index (χ0n) is 10.8. The smallest absolute Gasteiger partial charge is 0.270 e. The second-order valence-electron chi connectivity index (χ2n) is 5.18. The van der Waals surface area contributed by atoms with Crippen molar-refractivity contribution < 1.29 is 9.59 Å². The van der Waals surface area contributed by atoms with Gasteiger partial charge in [-0.2, -0.15) is 0 Å². The lowest BCUT2D eigenvalue weighted by atomic mass is 10.2. The number of pyridine rings is 1. The minimum Gasteiger partial charge on any atom is -0.348 e. The van der Waals surface area contributed by atoms with Crippen molar-refractivity contribution in [3.63, 3.8) is 0 Å². The number of rotatable bonds is 3. The minimum atomic E-state index is -0.182. The average molecular weight is 259 g/mol. The molecule has 19 heavy (non-hydrogen) atoms. The molecule has 0 atom stereocenters. The van der Waals surface area contributed by atoms with E-state index in [1.54, 1.807) is 12.1 Å². The molecule has 2 fully saturated rings. The second kappa shape index (κ2) is 4.99. The van der Waals surface area contributed by atoms with Gasteiger partial charge in [-0.05, 0) is 37.8 Å². The van der Waals surface area contributed by atoms with Crippen LogP contribution in [-0.4, -0.2) is 40.8 Å². The zero-order valence-corrected chi connectivity index (χ0v) is 10.8. The van der Waals surface area contributed by atoms with E-state index in [1.807, 2.05) is 4.90 Å². The largest absolute Gasteiger partial charge is 0.348 e. The van der Waals surface area contributed by atoms with Gasteiger partial charge in [0.2, 0.25) is 0 Å². The standard InChI is InChI=1S/C14H17N3O2/c18-13(16-11-3-4-11)12-9-10(5-6-15-12)14(19)17-7-1-2-8-17/h5-6,9,11H,1-4,7-8H2,(H,16,18). The van der Waals surface area contributed by atoms with E-state index in [9.17, 15) is 9.59 Å². The van der Waals surface area contributed by atoms with Crippen molar-refractivity contribution in [2.24, 2.45) is 0 Å². The van der Waals surface area contributed by atoms with Crippen LogP contribution in [0.2, 0.25) is 0 Å². The van der Waals surface area contributed by atoms with E-state index >= 15 is 0 Å². The van der Waals surface area contributed by atoms with Gasteiger partial charge in [0.05, 0.1) is 0 Å². The number of likely N-dealkylation sites (tertiary alicyclic amines) is 1. The maximum absolute atomic E-state index is 12.2. The van der Waals surface area contributed by atoms with Crippen LogP contribution in [0.5, 0.6) is 0 Å². The first-order valence-electron chi connectivity index (χ1n) is 6.80. The Morgan fingerprint density at radius 1 is 1.26 bits per heavy atom. The monoisotopic (exact) mass is 259 g/mol. The molecule has 2 aliphatic rings. The number of nitrogens with zero attached hydrogens (tertiary/aromatic N) is 2. The highest BCUT2D eigenvalue weighted by Crippen LogP contribution is 2.19. The number of amides is 2. The van der Waals surface area contributed by atoms with Crippen molar-refractivity contribution in [1.29, 1.82) is 0 Å². The fraction of sp³-hybridized carbons (Fsp3) is 0.500. The summed E-state index contributed by atoms with van der Waals surface area (Å²) in [5.41, 5.74) is 0.884. The van der Waals surface area contributed by atoms with Gasteiger partial charge in [-0.3, -0.25) is 14.6 Å². The van der Waals surface area contributed by atoms with Gasteiger partial charge in [-0.15, -0.1) is 0 Å². The van der Waals surface area contributed by atoms with Crippen molar-refractivity contribution in [1.82, 2.24) is 15.2 Å². The van der Waals surface area contributed by atoms with Gasteiger partial charge >= 0.3 is 0 Å². The summed E-state index contributed by atoms with van der Waals surface area (Å²) in [5.74, 6) is -0.182. The maximum atomic E-state index is 12.2. The molecule has 0 spiro atoms. The third-order valence-electron chi connectivity index (χ3n) is 3.55. The van der Waals surface area contributed by atoms with Crippen LogP contribution in [0, 0.1) is 0 Å². The first kappa shape index (κ1) is 12.1. The summed E-state index contributed by atoms with van der Waals surface area (Å²) < 4.78 is 0. The normalized spacial score (nSPS) is 18.4. The predicted molar refractivity (Wildman–Crippen MR) is 69.9 cm³/mol. The molecule has 1 N–H and O–H groups in total. The summed E-state index contributed by atoms with van der Waals surface area (Å²) in [6.45, 7) is 1.62. The fourth-order valence-corrected chi connectivity index (χ4v) is 2.28. The molecule has 5 heteroatoms. The Balaban J connectivity index is 1.74. The first-order valence-corrected chi connectivity index (χ1v) is 6.80. The van der Waals surface area contributed by atoms with Gasteiger partial charge in [0.15, 0.2) is 0 Å². The van der Waals surface area contributed by atoms with Crippen molar-refractivity contribution in [3.8, 4) is 0 Å². The van der Waals surface area contributed by atoms with Crippen LogP contribution in [0.4, 0.5) is 0 Å². The van der Waals surface area contributed by atoms with Gasteiger partial charge in [0.25, 0.3) is 11.8 Å². The number of hydrogen-bond acceptors (Lipinski definition) is 3. The van der Waals surface area contributed by atoms with Crippen LogP contribution in [0.3, 0.4) is 0 Å². The van der Waals surface area contributed by atoms with Gasteiger partial charge < -0.3 is 10.2 Å². The number of nitrogens with one attached hydrogen (secondary N) is 1. The average Bonchev–Trinajstić information content (AvgIpc) is 3.08. The van der Waals surface area contributed by atoms with E-state index in [0.29, 0.717) is 17.3 Å². The summed E-state index contributed by atoms with van der Waals surface area (Å²) in [4.78, 5) is 30.0. The summed E-state index contributed by atoms with van der Waals surface area (Å²) in [7, 11) is 0. The minimum absolute atomic E-state index is 0.000344. The van der Waals surface area contributed by atoms with Crippen LogP contribution in [-0.2, 0) is 0 Å². The molecule has 1 saturated heterocycles. The molecule has 3 rings (SSSR count). The Morgan fingerprint density at radius 2 is 2.00 bits per heavy atom. The molecule has 0 bridgehead atoms. The molecule has 1 aromatic heterocycles. The first-order chi connectivity index (χ1) is 9.24. The number of aromatic nitrogens is 1. The number of carbonyl (C=O) groups is 2. The second-order valence-corrected chi connectivity index (χ2v) is 5.18. The summed E-state index contributed by atoms with van der Waals surface area (Å²) in [6.07, 6.45) is 5.74. The third kappa shape index (κ3) is 2.75. The zero-order chi connectivity index (χ0) is 13.2. The highest BCUT2D eigenvalue weighted by Gasteiger charge is 2.25. The van der Waals surface area contributed by atoms with Gasteiger partial charge in [-0.1, -0.05) is 0 Å². The van der Waals surface area contributed by atoms with Gasteiger partial charge in [-0.25, -0.2) is 0 Å². The van der Waals surface area contributed by atoms with Crippen LogP contribution in [0.15, 0.2) is 18.3 Å². The Bertz CT molecular complexity index is 505. The highest BCUT2D eigenvalue weighted by atomic mass is 16.2. The van der Waals surface area contributed by atoms with E-state index in [1.165, 1.54) is 6.20 Å². The molecule has 5 nitrogen and oxygen atoms in total. The molecular formula is C14H17N3O2. The molecule has 1 aromatic rings. The van der Waals surface area contributed by atoms with Crippen LogP contribution in [0.25, 0.3) is 0 Å². The molecule has 0 unspecified atom stereocenters. The Kier molecular flexibility index (Phi) is 3.19. The molecule has 1 saturated carbocycles. The number of hydrogen-bond donors (Lipinski definition) is 1. The topological polar surface area (TPSA) is 62.3 Å². The van der Waals surface area contributed by atoms with E-state index < -0.39 is 0 Å². The van der Waals surface area contributed by atoms with Crippen LogP contribution in [0.1, 0.15) is 46.5 Å². The lowest BCUT2D eigenvalue weighted by molar-refractivity contribution is 0.0792. The van der Waals surface area contributed by atoms with Crippen LogP contribution >= 0.6 is 0 Å². The lowest BCUT2D eigenvalue weighted by Gasteiger charge is -2.15.